The molecule has 0 aliphatic heterocycles. The predicted octanol–water partition coefficient (Wildman–Crippen LogP) is 1.47. The van der Waals surface area contributed by atoms with E-state index in [-0.39, 0.29) is 23.9 Å². The topological polar surface area (TPSA) is 62.3 Å². The molecule has 108 valence electrons. The lowest BCUT2D eigenvalue weighted by Gasteiger charge is -2.22. The normalized spacial score (nSPS) is 11.4. The minimum atomic E-state index is -0.298. The summed E-state index contributed by atoms with van der Waals surface area (Å²) >= 11 is 0. The van der Waals surface area contributed by atoms with Crippen LogP contribution >= 0.6 is 0 Å². The fourth-order valence-corrected chi connectivity index (χ4v) is 1.52. The van der Waals surface area contributed by atoms with Gasteiger partial charge in [0, 0.05) is 31.1 Å². The van der Waals surface area contributed by atoms with E-state index >= 15 is 0 Å². The van der Waals surface area contributed by atoms with Gasteiger partial charge >= 0.3 is 0 Å². The second-order valence-corrected chi connectivity index (χ2v) is 5.61. The van der Waals surface area contributed by atoms with Crippen LogP contribution in [0.1, 0.15) is 26.3 Å². The molecule has 1 heterocycles. The van der Waals surface area contributed by atoms with Gasteiger partial charge in [0.2, 0.25) is 11.8 Å². The van der Waals surface area contributed by atoms with Gasteiger partial charge in [-0.2, -0.15) is 0 Å². The number of rotatable bonds is 4. The van der Waals surface area contributed by atoms with Gasteiger partial charge < -0.3 is 10.2 Å². The third-order valence-corrected chi connectivity index (χ3v) is 2.40. The number of carbonyl (C=O) groups is 2. The summed E-state index contributed by atoms with van der Waals surface area (Å²) in [5, 5.41) is 2.81. The van der Waals surface area contributed by atoms with Crippen molar-refractivity contribution in [3.63, 3.8) is 0 Å². The van der Waals surface area contributed by atoms with E-state index in [0.717, 1.165) is 5.56 Å². The smallest absolute Gasteiger partial charge is 0.246 e. The van der Waals surface area contributed by atoms with Gasteiger partial charge in [-0.15, -0.1) is 0 Å². The molecule has 0 radical (unpaired) electrons. The van der Waals surface area contributed by atoms with E-state index in [4.69, 9.17) is 0 Å². The highest BCUT2D eigenvalue weighted by atomic mass is 16.2. The highest BCUT2D eigenvalue weighted by Gasteiger charge is 2.16. The number of hydrogen-bond acceptors (Lipinski definition) is 3. The van der Waals surface area contributed by atoms with Crippen LogP contribution in [0.25, 0.3) is 6.08 Å². The number of pyridine rings is 1. The molecule has 1 aromatic heterocycles. The molecule has 0 aromatic carbocycles. The maximum atomic E-state index is 11.9. The van der Waals surface area contributed by atoms with Crippen LogP contribution in [0.3, 0.4) is 0 Å². The molecule has 5 heteroatoms. The fraction of sp³-hybridized carbons (Fsp3) is 0.400. The van der Waals surface area contributed by atoms with Crippen molar-refractivity contribution in [3.05, 3.63) is 36.2 Å². The van der Waals surface area contributed by atoms with E-state index in [9.17, 15) is 9.59 Å². The SMILES string of the molecule is CN(CC(=O)NC(C)(C)C)C(=O)/C=C/c1ccncc1. The summed E-state index contributed by atoms with van der Waals surface area (Å²) in [5.74, 6) is -0.392. The second kappa shape index (κ2) is 6.84. The first-order valence-corrected chi connectivity index (χ1v) is 6.42. The average Bonchev–Trinajstić information content (AvgIpc) is 2.34. The summed E-state index contributed by atoms with van der Waals surface area (Å²) in [6.07, 6.45) is 6.46. The highest BCUT2D eigenvalue weighted by molar-refractivity contribution is 5.94. The Bertz CT molecular complexity index is 490. The molecule has 1 N–H and O–H groups in total. The van der Waals surface area contributed by atoms with Crippen LogP contribution in [-0.4, -0.2) is 40.8 Å². The maximum absolute atomic E-state index is 11.9. The van der Waals surface area contributed by atoms with Crippen LogP contribution in [0.15, 0.2) is 30.6 Å². The van der Waals surface area contributed by atoms with Crippen molar-refractivity contribution in [2.45, 2.75) is 26.3 Å². The Morgan fingerprint density at radius 1 is 1.30 bits per heavy atom. The summed E-state index contributed by atoms with van der Waals surface area (Å²) in [6, 6.07) is 3.60. The van der Waals surface area contributed by atoms with Gasteiger partial charge in [0.05, 0.1) is 6.54 Å². The molecule has 2 amide bonds. The van der Waals surface area contributed by atoms with Crippen LogP contribution in [0.2, 0.25) is 0 Å². The Balaban J connectivity index is 2.51. The lowest BCUT2D eigenvalue weighted by molar-refractivity contribution is -0.131. The molecule has 0 fully saturated rings. The van der Waals surface area contributed by atoms with E-state index < -0.39 is 0 Å². The molecule has 20 heavy (non-hydrogen) atoms. The van der Waals surface area contributed by atoms with E-state index in [1.807, 2.05) is 20.8 Å². The summed E-state index contributed by atoms with van der Waals surface area (Å²) < 4.78 is 0. The summed E-state index contributed by atoms with van der Waals surface area (Å²) in [4.78, 5) is 28.8. The Kier molecular flexibility index (Phi) is 5.43. The minimum Gasteiger partial charge on any atom is -0.350 e. The Hall–Kier alpha value is -2.17. The summed E-state index contributed by atoms with van der Waals surface area (Å²) in [6.45, 7) is 5.74. The number of likely N-dealkylation sites (N-methyl/N-ethyl adjacent to an activating group) is 1. The standard InChI is InChI=1S/C15H21N3O2/c1-15(2,3)17-13(19)11-18(4)14(20)6-5-12-7-9-16-10-8-12/h5-10H,11H2,1-4H3,(H,17,19)/b6-5+. The van der Waals surface area contributed by atoms with Crippen LogP contribution < -0.4 is 5.32 Å². The van der Waals surface area contributed by atoms with Crippen LogP contribution in [-0.2, 0) is 9.59 Å². The molecule has 0 bridgehead atoms. The molecule has 0 unspecified atom stereocenters. The number of hydrogen-bond donors (Lipinski definition) is 1. The average molecular weight is 275 g/mol. The van der Waals surface area contributed by atoms with E-state index in [0.29, 0.717) is 0 Å². The first-order chi connectivity index (χ1) is 9.28. The van der Waals surface area contributed by atoms with Gasteiger partial charge in [-0.1, -0.05) is 0 Å². The van der Waals surface area contributed by atoms with E-state index in [1.165, 1.54) is 11.0 Å². The van der Waals surface area contributed by atoms with Crippen molar-refractivity contribution in [2.24, 2.45) is 0 Å². The zero-order chi connectivity index (χ0) is 15.2. The molecule has 0 atom stereocenters. The van der Waals surface area contributed by atoms with E-state index in [1.54, 1.807) is 37.7 Å². The first kappa shape index (κ1) is 15.9. The largest absolute Gasteiger partial charge is 0.350 e. The minimum absolute atomic E-state index is 0.0385. The third kappa shape index (κ3) is 6.13. The van der Waals surface area contributed by atoms with Crippen molar-refractivity contribution >= 4 is 17.9 Å². The van der Waals surface area contributed by atoms with Gasteiger partial charge in [-0.25, -0.2) is 0 Å². The zero-order valence-corrected chi connectivity index (χ0v) is 12.4. The molecule has 1 rings (SSSR count). The lowest BCUT2D eigenvalue weighted by Crippen LogP contribution is -2.46. The number of nitrogens with one attached hydrogen (secondary N) is 1. The molecule has 0 aliphatic carbocycles. The van der Waals surface area contributed by atoms with Gasteiger partial charge in [-0.05, 0) is 44.5 Å². The molecule has 0 saturated heterocycles. The number of nitrogens with zero attached hydrogens (tertiary/aromatic N) is 2. The van der Waals surface area contributed by atoms with Crippen molar-refractivity contribution in [1.29, 1.82) is 0 Å². The molecular weight excluding hydrogens is 254 g/mol. The first-order valence-electron chi connectivity index (χ1n) is 6.42. The predicted molar refractivity (Wildman–Crippen MR) is 78.8 cm³/mol. The molecule has 0 saturated carbocycles. The Labute approximate surface area is 119 Å². The van der Waals surface area contributed by atoms with Gasteiger partial charge in [0.15, 0.2) is 0 Å². The van der Waals surface area contributed by atoms with Crippen LogP contribution in [0.5, 0.6) is 0 Å². The van der Waals surface area contributed by atoms with Gasteiger partial charge in [-0.3, -0.25) is 14.6 Å². The summed E-state index contributed by atoms with van der Waals surface area (Å²) in [7, 11) is 1.60. The Morgan fingerprint density at radius 2 is 1.90 bits per heavy atom. The molecule has 0 aliphatic rings. The van der Waals surface area contributed by atoms with Crippen molar-refractivity contribution in [1.82, 2.24) is 15.2 Å². The van der Waals surface area contributed by atoms with Gasteiger partial charge in [0.25, 0.3) is 0 Å². The van der Waals surface area contributed by atoms with Crippen molar-refractivity contribution in [2.75, 3.05) is 13.6 Å². The summed E-state index contributed by atoms with van der Waals surface area (Å²) in [5.41, 5.74) is 0.592. The zero-order valence-electron chi connectivity index (χ0n) is 12.4. The van der Waals surface area contributed by atoms with Crippen molar-refractivity contribution in [3.8, 4) is 0 Å². The highest BCUT2D eigenvalue weighted by Crippen LogP contribution is 2.01. The number of amides is 2. The molecule has 0 spiro atoms. The molecule has 1 aromatic rings. The third-order valence-electron chi connectivity index (χ3n) is 2.40. The Morgan fingerprint density at radius 3 is 2.45 bits per heavy atom. The molecular formula is C15H21N3O2. The monoisotopic (exact) mass is 275 g/mol. The fourth-order valence-electron chi connectivity index (χ4n) is 1.52. The van der Waals surface area contributed by atoms with Crippen molar-refractivity contribution < 1.29 is 9.59 Å². The van der Waals surface area contributed by atoms with E-state index in [2.05, 4.69) is 10.3 Å². The quantitative estimate of drug-likeness (QED) is 0.846. The molecule has 5 nitrogen and oxygen atoms in total. The van der Waals surface area contributed by atoms with Gasteiger partial charge in [0.1, 0.15) is 0 Å². The van der Waals surface area contributed by atoms with Crippen LogP contribution in [0, 0.1) is 0 Å². The lowest BCUT2D eigenvalue weighted by atomic mass is 10.1. The number of carbonyl (C=O) groups excluding carboxylic acids is 2. The second-order valence-electron chi connectivity index (χ2n) is 5.61. The number of aromatic nitrogens is 1. The van der Waals surface area contributed by atoms with Crippen LogP contribution in [0.4, 0.5) is 0 Å². The maximum Gasteiger partial charge on any atom is 0.246 e.